The van der Waals surface area contributed by atoms with Crippen molar-refractivity contribution in [2.24, 2.45) is 0 Å². The van der Waals surface area contributed by atoms with Gasteiger partial charge in [-0.3, -0.25) is 0 Å². The molecule has 45 heavy (non-hydrogen) atoms. The van der Waals surface area contributed by atoms with E-state index in [1.54, 1.807) is 28.4 Å². The molecule has 0 aromatic rings. The van der Waals surface area contributed by atoms with Gasteiger partial charge in [0.25, 0.3) is 0 Å². The highest BCUT2D eigenvalue weighted by Gasteiger charge is 2.55. The van der Waals surface area contributed by atoms with E-state index in [9.17, 15) is 4.79 Å². The second-order valence-electron chi connectivity index (χ2n) is 10.5. The summed E-state index contributed by atoms with van der Waals surface area (Å²) in [4.78, 5) is 12.0. The molecular weight excluding hydrogens is 604 g/mol. The van der Waals surface area contributed by atoms with E-state index < -0.39 is 85.8 Å². The molecule has 0 aliphatic carbocycles. The summed E-state index contributed by atoms with van der Waals surface area (Å²) in [6.07, 6.45) is -10.8. The fourth-order valence-corrected chi connectivity index (χ4v) is 5.94. The maximum absolute atomic E-state index is 12.0. The van der Waals surface area contributed by atoms with Gasteiger partial charge in [0.1, 0.15) is 73.2 Å². The maximum atomic E-state index is 12.0. The van der Waals surface area contributed by atoms with Crippen LogP contribution in [0.1, 0.15) is 0 Å². The van der Waals surface area contributed by atoms with Crippen molar-refractivity contribution in [2.45, 2.75) is 85.8 Å². The van der Waals surface area contributed by atoms with Crippen molar-refractivity contribution in [2.75, 3.05) is 98.0 Å². The molecule has 2 rings (SSSR count). The lowest BCUT2D eigenvalue weighted by atomic mass is 9.96. The van der Waals surface area contributed by atoms with Crippen molar-refractivity contribution in [1.82, 2.24) is 0 Å². The van der Waals surface area contributed by atoms with Crippen LogP contribution in [0.4, 0.5) is 0 Å². The van der Waals surface area contributed by atoms with Crippen LogP contribution in [-0.2, 0) is 75.8 Å². The summed E-state index contributed by atoms with van der Waals surface area (Å²) in [5.41, 5.74) is 0. The minimum absolute atomic E-state index is 0.0918. The first-order valence-electron chi connectivity index (χ1n) is 14.6. The average Bonchev–Trinajstić information content (AvgIpc) is 3.05. The van der Waals surface area contributed by atoms with E-state index in [0.29, 0.717) is 6.29 Å². The van der Waals surface area contributed by atoms with Crippen molar-refractivity contribution in [1.29, 1.82) is 0 Å². The van der Waals surface area contributed by atoms with Gasteiger partial charge in [-0.25, -0.2) is 0 Å². The van der Waals surface area contributed by atoms with E-state index in [1.165, 1.54) is 49.8 Å². The summed E-state index contributed by atoms with van der Waals surface area (Å²) in [5.74, 6) is 0. The number of ether oxygens (including phenoxy) is 15. The fourth-order valence-electron chi connectivity index (χ4n) is 5.94. The molecule has 16 nitrogen and oxygen atoms in total. The third-order valence-corrected chi connectivity index (χ3v) is 8.11. The highest BCUT2D eigenvalue weighted by Crippen LogP contribution is 2.35. The standard InChI is InChI=1S/C29H54O16/c1-31-13-17(35-5)23(20(36-6)16(12-30)34-4)44-29-27(25(40-10)22(38-8)19(43-29)15-33-3)45-28-26(41-11)24(39-9)21(37-7)18(42-28)14-32-2/h12,16-29H,13-15H2,1-11H3. The number of aldehydes is 1. The van der Waals surface area contributed by atoms with Crippen LogP contribution >= 0.6 is 0 Å². The van der Waals surface area contributed by atoms with Gasteiger partial charge in [-0.15, -0.1) is 0 Å². The van der Waals surface area contributed by atoms with Gasteiger partial charge in [-0.2, -0.15) is 0 Å². The lowest BCUT2D eigenvalue weighted by molar-refractivity contribution is -0.383. The van der Waals surface area contributed by atoms with Gasteiger partial charge in [-0.1, -0.05) is 0 Å². The summed E-state index contributed by atoms with van der Waals surface area (Å²) in [5, 5.41) is 0. The van der Waals surface area contributed by atoms with Crippen LogP contribution in [0, 0.1) is 0 Å². The molecule has 2 aliphatic rings. The minimum Gasteiger partial charge on any atom is -0.382 e. The molecule has 0 saturated carbocycles. The first kappa shape index (κ1) is 40.2. The number of hydrogen-bond donors (Lipinski definition) is 0. The molecule has 2 fully saturated rings. The van der Waals surface area contributed by atoms with E-state index >= 15 is 0 Å². The SMILES string of the molecule is COCC(OC)C(OC1OC(COC)C(OC)C(OC)C1OC1OC(COC)C(OC)C(OC)C1OC)C(OC)C(C=O)OC. The van der Waals surface area contributed by atoms with Crippen molar-refractivity contribution >= 4 is 6.29 Å². The van der Waals surface area contributed by atoms with Crippen molar-refractivity contribution in [3.05, 3.63) is 0 Å². The van der Waals surface area contributed by atoms with E-state index in [0.717, 1.165) is 0 Å². The second kappa shape index (κ2) is 21.1. The normalized spacial score (nSPS) is 35.1. The van der Waals surface area contributed by atoms with E-state index in [-0.39, 0.29) is 19.8 Å². The van der Waals surface area contributed by atoms with Gasteiger partial charge in [0.05, 0.1) is 19.8 Å². The Morgan fingerprint density at radius 3 is 1.47 bits per heavy atom. The zero-order chi connectivity index (χ0) is 33.5. The third-order valence-electron chi connectivity index (χ3n) is 8.11. The van der Waals surface area contributed by atoms with E-state index in [2.05, 4.69) is 0 Å². The Labute approximate surface area is 266 Å². The number of rotatable bonds is 22. The molecule has 0 bridgehead atoms. The highest BCUT2D eigenvalue weighted by molar-refractivity contribution is 5.57. The summed E-state index contributed by atoms with van der Waals surface area (Å²) in [6.45, 7) is 0.421. The zero-order valence-electron chi connectivity index (χ0n) is 28.3. The van der Waals surface area contributed by atoms with Gasteiger partial charge < -0.3 is 75.8 Å². The molecule has 0 amide bonds. The Hall–Kier alpha value is -0.930. The Bertz CT molecular complexity index is 793. The molecule has 14 atom stereocenters. The van der Waals surface area contributed by atoms with E-state index in [4.69, 9.17) is 71.1 Å². The lowest BCUT2D eigenvalue weighted by Crippen LogP contribution is -2.67. The molecule has 0 aromatic heterocycles. The molecule has 2 saturated heterocycles. The Morgan fingerprint density at radius 1 is 0.556 bits per heavy atom. The quantitative estimate of drug-likeness (QED) is 0.137. The van der Waals surface area contributed by atoms with Crippen LogP contribution in [0.15, 0.2) is 0 Å². The summed E-state index contributed by atoms with van der Waals surface area (Å²) < 4.78 is 88.4. The van der Waals surface area contributed by atoms with Gasteiger partial charge >= 0.3 is 0 Å². The number of methoxy groups -OCH3 is 11. The van der Waals surface area contributed by atoms with Crippen LogP contribution < -0.4 is 0 Å². The first-order chi connectivity index (χ1) is 21.8. The maximum Gasteiger partial charge on any atom is 0.187 e. The first-order valence-corrected chi connectivity index (χ1v) is 14.6. The van der Waals surface area contributed by atoms with Crippen LogP contribution in [0.5, 0.6) is 0 Å². The van der Waals surface area contributed by atoms with Crippen LogP contribution in [0.25, 0.3) is 0 Å². The monoisotopic (exact) mass is 658 g/mol. The van der Waals surface area contributed by atoms with Gasteiger partial charge in [0.15, 0.2) is 18.9 Å². The third kappa shape index (κ3) is 9.81. The molecule has 2 aliphatic heterocycles. The summed E-state index contributed by atoms with van der Waals surface area (Å²) in [7, 11) is 16.6. The molecule has 16 heteroatoms. The van der Waals surface area contributed by atoms with Crippen molar-refractivity contribution < 1.29 is 75.8 Å². The number of hydrogen-bond acceptors (Lipinski definition) is 16. The highest BCUT2D eigenvalue weighted by atomic mass is 16.8. The molecule has 2 heterocycles. The van der Waals surface area contributed by atoms with Crippen molar-refractivity contribution in [3.63, 3.8) is 0 Å². The largest absolute Gasteiger partial charge is 0.382 e. The summed E-state index contributed by atoms with van der Waals surface area (Å²) in [6, 6.07) is 0. The Morgan fingerprint density at radius 2 is 1.07 bits per heavy atom. The fraction of sp³-hybridized carbons (Fsp3) is 0.966. The second-order valence-corrected chi connectivity index (χ2v) is 10.5. The Balaban J connectivity index is 2.62. The van der Waals surface area contributed by atoms with Crippen LogP contribution in [0.2, 0.25) is 0 Å². The molecule has 14 unspecified atom stereocenters. The van der Waals surface area contributed by atoms with Crippen LogP contribution in [0.3, 0.4) is 0 Å². The molecule has 0 aromatic carbocycles. The molecule has 266 valence electrons. The topological polar surface area (TPSA) is 156 Å². The van der Waals surface area contributed by atoms with Crippen LogP contribution in [-0.4, -0.2) is 190 Å². The molecular formula is C29H54O16. The number of carbonyl (C=O) groups excluding carboxylic acids is 1. The molecule has 0 spiro atoms. The number of carbonyl (C=O) groups is 1. The molecule has 0 N–H and O–H groups in total. The predicted molar refractivity (Wildman–Crippen MR) is 155 cm³/mol. The predicted octanol–water partition coefficient (Wildman–Crippen LogP) is -0.535. The Kier molecular flexibility index (Phi) is 18.9. The van der Waals surface area contributed by atoms with E-state index in [1.807, 2.05) is 0 Å². The zero-order valence-corrected chi connectivity index (χ0v) is 28.3. The summed E-state index contributed by atoms with van der Waals surface area (Å²) >= 11 is 0. The van der Waals surface area contributed by atoms with Gasteiger partial charge in [-0.05, 0) is 0 Å². The van der Waals surface area contributed by atoms with Gasteiger partial charge in [0.2, 0.25) is 0 Å². The lowest BCUT2D eigenvalue weighted by Gasteiger charge is -2.50. The smallest absolute Gasteiger partial charge is 0.187 e. The molecule has 0 radical (unpaired) electrons. The van der Waals surface area contributed by atoms with Crippen molar-refractivity contribution in [3.8, 4) is 0 Å². The average molecular weight is 659 g/mol. The minimum atomic E-state index is -1.18. The van der Waals surface area contributed by atoms with Gasteiger partial charge in [0, 0.05) is 78.2 Å².